The second-order valence-electron chi connectivity index (χ2n) is 11.7. The van der Waals surface area contributed by atoms with Crippen molar-refractivity contribution in [2.45, 2.75) is 90.0 Å². The zero-order chi connectivity index (χ0) is 25.4. The molecule has 0 saturated heterocycles. The molecule has 0 bridgehead atoms. The molecule has 0 aliphatic heterocycles. The molecular formula is C32H50. The first kappa shape index (κ1) is 29.9. The Hall–Kier alpha value is -2.08. The quantitative estimate of drug-likeness (QED) is 0.333. The highest BCUT2D eigenvalue weighted by Gasteiger charge is 2.17. The molecule has 0 saturated carbocycles. The third-order valence-corrected chi connectivity index (χ3v) is 5.53. The van der Waals surface area contributed by atoms with E-state index in [1.807, 2.05) is 0 Å². The van der Waals surface area contributed by atoms with Gasteiger partial charge in [0.05, 0.1) is 0 Å². The highest BCUT2D eigenvalue weighted by molar-refractivity contribution is 5.52. The van der Waals surface area contributed by atoms with Gasteiger partial charge in [0, 0.05) is 0 Å². The highest BCUT2D eigenvalue weighted by atomic mass is 14.2. The Morgan fingerprint density at radius 1 is 0.625 bits per heavy atom. The second kappa shape index (κ2) is 12.2. The van der Waals surface area contributed by atoms with Crippen LogP contribution in [0, 0.1) is 16.7 Å². The molecule has 0 spiro atoms. The van der Waals surface area contributed by atoms with Crippen LogP contribution in [0.4, 0.5) is 0 Å². The van der Waals surface area contributed by atoms with Gasteiger partial charge in [0.15, 0.2) is 0 Å². The normalized spacial score (nSPS) is 16.1. The molecule has 0 fully saturated rings. The summed E-state index contributed by atoms with van der Waals surface area (Å²) in [7, 11) is 0. The Morgan fingerprint density at radius 3 is 1.50 bits per heavy atom. The first-order valence-corrected chi connectivity index (χ1v) is 11.8. The third kappa shape index (κ3) is 11.5. The molecule has 0 aliphatic rings. The summed E-state index contributed by atoms with van der Waals surface area (Å²) in [6.45, 7) is 37.0. The zero-order valence-electron chi connectivity index (χ0n) is 23.5. The first-order valence-electron chi connectivity index (χ1n) is 11.8. The maximum Gasteiger partial charge on any atom is -0.00420 e. The Morgan fingerprint density at radius 2 is 1.12 bits per heavy atom. The van der Waals surface area contributed by atoms with Crippen LogP contribution in [0.2, 0.25) is 0 Å². The smallest absolute Gasteiger partial charge is 0.00420 e. The largest absolute Gasteiger partial charge is 0.0961 e. The van der Waals surface area contributed by atoms with E-state index in [0.29, 0.717) is 5.92 Å². The number of allylic oxidation sites excluding steroid dienone is 14. The Bertz CT molecular complexity index is 867. The molecule has 0 N–H and O–H groups in total. The SMILES string of the molecule is C=C(C)/C=C(C=C(C)C)/C(=C/C(C)/C(C)=C/C(=C\C(=C)C)C(C)(C)C)/C=C(\C)C(C)(C)C. The van der Waals surface area contributed by atoms with Crippen molar-refractivity contribution in [2.24, 2.45) is 16.7 Å². The molecule has 0 nitrogen and oxygen atoms in total. The minimum Gasteiger partial charge on any atom is -0.0961 e. The predicted molar refractivity (Wildman–Crippen MR) is 149 cm³/mol. The van der Waals surface area contributed by atoms with E-state index in [-0.39, 0.29) is 10.8 Å². The molecule has 0 amide bonds. The molecule has 1 atom stereocenters. The van der Waals surface area contributed by atoms with Gasteiger partial charge in [-0.05, 0) is 75.0 Å². The van der Waals surface area contributed by atoms with E-state index in [0.717, 1.165) is 11.1 Å². The molecule has 0 radical (unpaired) electrons. The molecule has 0 aromatic heterocycles. The van der Waals surface area contributed by atoms with Crippen LogP contribution in [0.5, 0.6) is 0 Å². The van der Waals surface area contributed by atoms with Gasteiger partial charge in [0.25, 0.3) is 0 Å². The Labute approximate surface area is 201 Å². The van der Waals surface area contributed by atoms with Gasteiger partial charge in [-0.1, -0.05) is 126 Å². The molecule has 0 aromatic carbocycles. The summed E-state index contributed by atoms with van der Waals surface area (Å²) in [5.74, 6) is 0.295. The third-order valence-electron chi connectivity index (χ3n) is 5.53. The highest BCUT2D eigenvalue weighted by Crippen LogP contribution is 2.32. The molecule has 0 aliphatic carbocycles. The lowest BCUT2D eigenvalue weighted by molar-refractivity contribution is 0.503. The zero-order valence-corrected chi connectivity index (χ0v) is 23.5. The average molecular weight is 435 g/mol. The van der Waals surface area contributed by atoms with Crippen molar-refractivity contribution in [1.29, 1.82) is 0 Å². The van der Waals surface area contributed by atoms with Gasteiger partial charge in [0.2, 0.25) is 0 Å². The lowest BCUT2D eigenvalue weighted by Crippen LogP contribution is -2.09. The number of hydrogen-bond acceptors (Lipinski definition) is 0. The van der Waals surface area contributed by atoms with Crippen LogP contribution in [0.3, 0.4) is 0 Å². The summed E-state index contributed by atoms with van der Waals surface area (Å²) in [5, 5.41) is 0. The molecule has 0 aromatic rings. The molecule has 0 heteroatoms. The van der Waals surface area contributed by atoms with Crippen molar-refractivity contribution in [2.75, 3.05) is 0 Å². The van der Waals surface area contributed by atoms with E-state index in [1.54, 1.807) is 0 Å². The minimum absolute atomic E-state index is 0.0717. The molecular weight excluding hydrogens is 384 g/mol. The van der Waals surface area contributed by atoms with Gasteiger partial charge >= 0.3 is 0 Å². The van der Waals surface area contributed by atoms with Crippen LogP contribution in [-0.2, 0) is 0 Å². The summed E-state index contributed by atoms with van der Waals surface area (Å²) < 4.78 is 0. The summed E-state index contributed by atoms with van der Waals surface area (Å²) in [6.07, 6.45) is 13.8. The summed E-state index contributed by atoms with van der Waals surface area (Å²) in [4.78, 5) is 0. The standard InChI is InChI=1S/C32H50/c1-22(2)16-28(17-23(3)4)29(21-27(9)31(10,11)12)19-25(7)26(8)20-30(18-24(5)6)32(13,14)15/h16-21,25H,1,5H2,2-4,6-15H3/b26-20+,27-21+,28-16+,29-19+,30-18+. The van der Waals surface area contributed by atoms with Crippen LogP contribution in [-0.4, -0.2) is 0 Å². The number of hydrogen-bond donors (Lipinski definition) is 0. The lowest BCUT2D eigenvalue weighted by atomic mass is 9.82. The van der Waals surface area contributed by atoms with Gasteiger partial charge in [-0.3, -0.25) is 0 Å². The fourth-order valence-electron chi connectivity index (χ4n) is 2.98. The molecule has 0 heterocycles. The monoisotopic (exact) mass is 434 g/mol. The van der Waals surface area contributed by atoms with Crippen LogP contribution in [0.1, 0.15) is 90.0 Å². The van der Waals surface area contributed by atoms with Crippen molar-refractivity contribution >= 4 is 0 Å². The van der Waals surface area contributed by atoms with Crippen molar-refractivity contribution in [3.8, 4) is 0 Å². The van der Waals surface area contributed by atoms with E-state index in [9.17, 15) is 0 Å². The van der Waals surface area contributed by atoms with Gasteiger partial charge in [-0.2, -0.15) is 0 Å². The van der Waals surface area contributed by atoms with Crippen molar-refractivity contribution < 1.29 is 0 Å². The van der Waals surface area contributed by atoms with E-state index < -0.39 is 0 Å². The van der Waals surface area contributed by atoms with Crippen LogP contribution >= 0.6 is 0 Å². The molecule has 178 valence electrons. The van der Waals surface area contributed by atoms with Gasteiger partial charge in [0.1, 0.15) is 0 Å². The molecule has 1 unspecified atom stereocenters. The lowest BCUT2D eigenvalue weighted by Gasteiger charge is -2.23. The Kier molecular flexibility index (Phi) is 11.4. The Balaban J connectivity index is 6.76. The average Bonchev–Trinajstić information content (AvgIpc) is 2.56. The van der Waals surface area contributed by atoms with E-state index in [4.69, 9.17) is 0 Å². The van der Waals surface area contributed by atoms with Gasteiger partial charge in [-0.25, -0.2) is 0 Å². The van der Waals surface area contributed by atoms with Crippen LogP contribution < -0.4 is 0 Å². The fourth-order valence-corrected chi connectivity index (χ4v) is 2.98. The summed E-state index contributed by atoms with van der Waals surface area (Å²) in [6, 6.07) is 0. The van der Waals surface area contributed by atoms with Crippen molar-refractivity contribution in [3.05, 3.63) is 94.2 Å². The van der Waals surface area contributed by atoms with Crippen LogP contribution in [0.15, 0.2) is 94.2 Å². The second-order valence-corrected chi connectivity index (χ2v) is 11.7. The van der Waals surface area contributed by atoms with Crippen molar-refractivity contribution in [3.63, 3.8) is 0 Å². The van der Waals surface area contributed by atoms with E-state index in [2.05, 4.69) is 140 Å². The predicted octanol–water partition coefficient (Wildman–Crippen LogP) is 10.5. The van der Waals surface area contributed by atoms with Gasteiger partial charge < -0.3 is 0 Å². The molecule has 32 heavy (non-hydrogen) atoms. The maximum absolute atomic E-state index is 4.14. The van der Waals surface area contributed by atoms with Gasteiger partial charge in [-0.15, -0.1) is 0 Å². The fraction of sp³-hybridized carbons (Fsp3) is 0.500. The minimum atomic E-state index is 0.0717. The topological polar surface area (TPSA) is 0 Å². The first-order chi connectivity index (χ1) is 14.3. The van der Waals surface area contributed by atoms with Crippen molar-refractivity contribution in [1.82, 2.24) is 0 Å². The summed E-state index contributed by atoms with van der Waals surface area (Å²) in [5.41, 5.74) is 10.1. The maximum atomic E-state index is 4.14. The van der Waals surface area contributed by atoms with Crippen LogP contribution in [0.25, 0.3) is 0 Å². The summed E-state index contributed by atoms with van der Waals surface area (Å²) >= 11 is 0. The van der Waals surface area contributed by atoms with E-state index >= 15 is 0 Å². The molecule has 0 rings (SSSR count). The number of rotatable bonds is 8. The van der Waals surface area contributed by atoms with E-state index in [1.165, 1.54) is 33.4 Å².